The molecule has 0 atom stereocenters. The number of halogens is 1. The summed E-state index contributed by atoms with van der Waals surface area (Å²) in [5.74, 6) is 0.438. The minimum Gasteiger partial charge on any atom is -0.483 e. The largest absolute Gasteiger partial charge is 0.483 e. The van der Waals surface area contributed by atoms with Crippen molar-refractivity contribution < 1.29 is 13.9 Å². The molecule has 0 aliphatic rings. The van der Waals surface area contributed by atoms with Crippen molar-refractivity contribution in [2.75, 3.05) is 11.9 Å². The van der Waals surface area contributed by atoms with Crippen LogP contribution in [-0.4, -0.2) is 12.5 Å². The summed E-state index contributed by atoms with van der Waals surface area (Å²) < 4.78 is 18.6. The summed E-state index contributed by atoms with van der Waals surface area (Å²) in [6.07, 6.45) is 0. The fourth-order valence-corrected chi connectivity index (χ4v) is 2.19. The maximum absolute atomic E-state index is 13.0. The SMILES string of the molecule is Cc1cc(F)ccc1NC(=O)COc1ccccc1C(C)C. The van der Waals surface area contributed by atoms with Crippen molar-refractivity contribution in [2.45, 2.75) is 26.7 Å². The summed E-state index contributed by atoms with van der Waals surface area (Å²) in [4.78, 5) is 12.0. The third kappa shape index (κ3) is 4.07. The van der Waals surface area contributed by atoms with Crippen LogP contribution in [0.2, 0.25) is 0 Å². The monoisotopic (exact) mass is 301 g/mol. The van der Waals surface area contributed by atoms with Crippen LogP contribution in [0.4, 0.5) is 10.1 Å². The van der Waals surface area contributed by atoms with E-state index in [0.717, 1.165) is 5.56 Å². The number of carbonyl (C=O) groups excluding carboxylic acids is 1. The lowest BCUT2D eigenvalue weighted by Crippen LogP contribution is -2.21. The lowest BCUT2D eigenvalue weighted by Gasteiger charge is -2.14. The van der Waals surface area contributed by atoms with Gasteiger partial charge in [-0.05, 0) is 48.2 Å². The zero-order valence-electron chi connectivity index (χ0n) is 13.0. The van der Waals surface area contributed by atoms with Crippen LogP contribution in [0.15, 0.2) is 42.5 Å². The van der Waals surface area contributed by atoms with Gasteiger partial charge in [-0.2, -0.15) is 0 Å². The van der Waals surface area contributed by atoms with Crippen molar-refractivity contribution in [3.63, 3.8) is 0 Å². The van der Waals surface area contributed by atoms with Crippen LogP contribution in [-0.2, 0) is 4.79 Å². The number of aryl methyl sites for hydroxylation is 1. The van der Waals surface area contributed by atoms with Crippen LogP contribution < -0.4 is 10.1 Å². The molecule has 2 rings (SSSR count). The predicted octanol–water partition coefficient (Wildman–Crippen LogP) is 4.28. The van der Waals surface area contributed by atoms with Gasteiger partial charge in [0.05, 0.1) is 0 Å². The molecule has 0 spiro atoms. The molecule has 2 aromatic rings. The van der Waals surface area contributed by atoms with E-state index < -0.39 is 0 Å². The molecular weight excluding hydrogens is 281 g/mol. The summed E-state index contributed by atoms with van der Waals surface area (Å²) in [6, 6.07) is 11.9. The Labute approximate surface area is 130 Å². The highest BCUT2D eigenvalue weighted by Gasteiger charge is 2.10. The number of nitrogens with one attached hydrogen (secondary N) is 1. The van der Waals surface area contributed by atoms with Gasteiger partial charge in [-0.15, -0.1) is 0 Å². The lowest BCUT2D eigenvalue weighted by atomic mass is 10.0. The summed E-state index contributed by atoms with van der Waals surface area (Å²) in [7, 11) is 0. The second-order valence-electron chi connectivity index (χ2n) is 5.49. The van der Waals surface area contributed by atoms with Gasteiger partial charge in [0.2, 0.25) is 0 Å². The van der Waals surface area contributed by atoms with E-state index in [9.17, 15) is 9.18 Å². The molecule has 0 aliphatic heterocycles. The van der Waals surface area contributed by atoms with Gasteiger partial charge in [-0.25, -0.2) is 4.39 Å². The van der Waals surface area contributed by atoms with Crippen molar-refractivity contribution >= 4 is 11.6 Å². The molecule has 0 saturated carbocycles. The molecule has 2 aromatic carbocycles. The Morgan fingerprint density at radius 3 is 2.64 bits per heavy atom. The summed E-state index contributed by atoms with van der Waals surface area (Å²) in [5, 5.41) is 2.73. The first-order valence-corrected chi connectivity index (χ1v) is 7.25. The van der Waals surface area contributed by atoms with Crippen LogP contribution >= 0.6 is 0 Å². The first kappa shape index (κ1) is 16.0. The van der Waals surface area contributed by atoms with Gasteiger partial charge in [0, 0.05) is 5.69 Å². The highest BCUT2D eigenvalue weighted by Crippen LogP contribution is 2.25. The topological polar surface area (TPSA) is 38.3 Å². The highest BCUT2D eigenvalue weighted by molar-refractivity contribution is 5.92. The van der Waals surface area contributed by atoms with Crippen LogP contribution in [0, 0.1) is 12.7 Å². The number of benzene rings is 2. The molecule has 0 heterocycles. The highest BCUT2D eigenvalue weighted by atomic mass is 19.1. The minimum absolute atomic E-state index is 0.0828. The fraction of sp³-hybridized carbons (Fsp3) is 0.278. The quantitative estimate of drug-likeness (QED) is 0.895. The Bertz CT molecular complexity index is 668. The van der Waals surface area contributed by atoms with Gasteiger partial charge in [-0.1, -0.05) is 32.0 Å². The number of amides is 1. The van der Waals surface area contributed by atoms with E-state index >= 15 is 0 Å². The Balaban J connectivity index is 1.99. The Morgan fingerprint density at radius 2 is 1.95 bits per heavy atom. The van der Waals surface area contributed by atoms with E-state index in [-0.39, 0.29) is 18.3 Å². The van der Waals surface area contributed by atoms with E-state index in [1.54, 1.807) is 13.0 Å². The lowest BCUT2D eigenvalue weighted by molar-refractivity contribution is -0.118. The normalized spacial score (nSPS) is 10.6. The zero-order valence-corrected chi connectivity index (χ0v) is 13.0. The maximum atomic E-state index is 13.0. The van der Waals surface area contributed by atoms with Crippen LogP contribution in [0.3, 0.4) is 0 Å². The molecule has 0 bridgehead atoms. The van der Waals surface area contributed by atoms with Gasteiger partial charge < -0.3 is 10.1 Å². The summed E-state index contributed by atoms with van der Waals surface area (Å²) in [6.45, 7) is 5.81. The van der Waals surface area contributed by atoms with E-state index in [4.69, 9.17) is 4.74 Å². The second-order valence-corrected chi connectivity index (χ2v) is 5.49. The first-order chi connectivity index (χ1) is 10.5. The standard InChI is InChI=1S/C18H20FNO2/c1-12(2)15-6-4-5-7-17(15)22-11-18(21)20-16-9-8-14(19)10-13(16)3/h4-10,12H,11H2,1-3H3,(H,20,21). The Hall–Kier alpha value is -2.36. The van der Waals surface area contributed by atoms with Crippen LogP contribution in [0.25, 0.3) is 0 Å². The average Bonchev–Trinajstić information content (AvgIpc) is 2.48. The van der Waals surface area contributed by atoms with Gasteiger partial charge in [-0.3, -0.25) is 4.79 Å². The molecule has 0 aliphatic carbocycles. The number of ether oxygens (including phenoxy) is 1. The van der Waals surface area contributed by atoms with Crippen LogP contribution in [0.1, 0.15) is 30.9 Å². The van der Waals surface area contributed by atoms with E-state index in [1.807, 2.05) is 24.3 Å². The van der Waals surface area contributed by atoms with Crippen LogP contribution in [0.5, 0.6) is 5.75 Å². The summed E-state index contributed by atoms with van der Waals surface area (Å²) in [5.41, 5.74) is 2.33. The van der Waals surface area contributed by atoms with Crippen molar-refractivity contribution in [2.24, 2.45) is 0 Å². The number of rotatable bonds is 5. The summed E-state index contributed by atoms with van der Waals surface area (Å²) >= 11 is 0. The molecule has 116 valence electrons. The van der Waals surface area contributed by atoms with E-state index in [1.165, 1.54) is 12.1 Å². The van der Waals surface area contributed by atoms with Gasteiger partial charge in [0.15, 0.2) is 6.61 Å². The second kappa shape index (κ2) is 7.07. The number of para-hydroxylation sites is 1. The minimum atomic E-state index is -0.322. The zero-order chi connectivity index (χ0) is 16.1. The van der Waals surface area contributed by atoms with Gasteiger partial charge in [0.25, 0.3) is 5.91 Å². The average molecular weight is 301 g/mol. The van der Waals surface area contributed by atoms with Crippen molar-refractivity contribution in [1.82, 2.24) is 0 Å². The molecule has 1 amide bonds. The molecule has 22 heavy (non-hydrogen) atoms. The molecule has 0 radical (unpaired) electrons. The number of carbonyl (C=O) groups is 1. The molecule has 3 nitrogen and oxygen atoms in total. The maximum Gasteiger partial charge on any atom is 0.262 e. The fourth-order valence-electron chi connectivity index (χ4n) is 2.19. The third-order valence-electron chi connectivity index (χ3n) is 3.36. The molecule has 0 fully saturated rings. The molecule has 4 heteroatoms. The van der Waals surface area contributed by atoms with E-state index in [2.05, 4.69) is 19.2 Å². The first-order valence-electron chi connectivity index (χ1n) is 7.25. The van der Waals surface area contributed by atoms with Crippen molar-refractivity contribution in [3.8, 4) is 5.75 Å². The molecule has 0 saturated heterocycles. The molecule has 0 unspecified atom stereocenters. The third-order valence-corrected chi connectivity index (χ3v) is 3.36. The molecule has 1 N–H and O–H groups in total. The number of anilines is 1. The van der Waals surface area contributed by atoms with Crippen molar-refractivity contribution in [1.29, 1.82) is 0 Å². The van der Waals surface area contributed by atoms with Crippen molar-refractivity contribution in [3.05, 3.63) is 59.4 Å². The van der Waals surface area contributed by atoms with E-state index in [0.29, 0.717) is 22.9 Å². The Morgan fingerprint density at radius 1 is 1.23 bits per heavy atom. The van der Waals surface area contributed by atoms with Gasteiger partial charge in [0.1, 0.15) is 11.6 Å². The Kier molecular flexibility index (Phi) is 5.15. The smallest absolute Gasteiger partial charge is 0.262 e. The molecule has 0 aromatic heterocycles. The number of hydrogen-bond acceptors (Lipinski definition) is 2. The number of hydrogen-bond donors (Lipinski definition) is 1. The molecular formula is C18H20FNO2. The predicted molar refractivity (Wildman–Crippen MR) is 85.8 cm³/mol. The van der Waals surface area contributed by atoms with Gasteiger partial charge >= 0.3 is 0 Å².